The van der Waals surface area contributed by atoms with Gasteiger partial charge in [0.1, 0.15) is 0 Å². The average molecular weight is 423 g/mol. The smallest absolute Gasteiger partial charge is 0.191 e. The quantitative estimate of drug-likeness (QED) is 0.320. The fourth-order valence-electron chi connectivity index (χ4n) is 2.26. The van der Waals surface area contributed by atoms with E-state index in [4.69, 9.17) is 0 Å². The van der Waals surface area contributed by atoms with E-state index in [9.17, 15) is 0 Å². The van der Waals surface area contributed by atoms with E-state index in [2.05, 4.69) is 77.1 Å². The monoisotopic (exact) mass is 423 g/mol. The molecular weight excluding hydrogens is 397 g/mol. The molecule has 0 aliphatic rings. The van der Waals surface area contributed by atoms with Crippen LogP contribution in [-0.4, -0.2) is 19.6 Å². The van der Waals surface area contributed by atoms with Crippen LogP contribution in [0.1, 0.15) is 23.1 Å². The minimum Gasteiger partial charge on any atom is -0.356 e. The van der Waals surface area contributed by atoms with Crippen LogP contribution in [0.5, 0.6) is 0 Å². The summed E-state index contributed by atoms with van der Waals surface area (Å²) in [6.07, 6.45) is 2.18. The molecule has 0 atom stereocenters. The normalized spacial score (nSPS) is 10.8. The lowest BCUT2D eigenvalue weighted by Crippen LogP contribution is -2.37. The summed E-state index contributed by atoms with van der Waals surface area (Å²) >= 11 is 0. The van der Waals surface area contributed by atoms with Gasteiger partial charge in [0.2, 0.25) is 0 Å². The van der Waals surface area contributed by atoms with Crippen molar-refractivity contribution in [3.63, 3.8) is 0 Å². The summed E-state index contributed by atoms with van der Waals surface area (Å²) in [6.45, 7) is 3.81. The van der Waals surface area contributed by atoms with Gasteiger partial charge in [-0.15, -0.1) is 24.0 Å². The molecule has 0 aromatic heterocycles. The topological polar surface area (TPSA) is 36.4 Å². The van der Waals surface area contributed by atoms with Crippen molar-refractivity contribution in [2.45, 2.75) is 26.3 Å². The van der Waals surface area contributed by atoms with Crippen LogP contribution in [0, 0.1) is 6.92 Å². The Labute approximate surface area is 156 Å². The van der Waals surface area contributed by atoms with Crippen LogP contribution >= 0.6 is 24.0 Å². The lowest BCUT2D eigenvalue weighted by Gasteiger charge is -2.12. The first kappa shape index (κ1) is 19.5. The Morgan fingerprint density at radius 3 is 2.26 bits per heavy atom. The third-order valence-electron chi connectivity index (χ3n) is 3.58. The highest BCUT2D eigenvalue weighted by atomic mass is 127. The molecule has 0 heterocycles. The summed E-state index contributed by atoms with van der Waals surface area (Å²) in [4.78, 5) is 4.26. The second-order valence-electron chi connectivity index (χ2n) is 5.43. The summed E-state index contributed by atoms with van der Waals surface area (Å²) in [5.41, 5.74) is 3.93. The van der Waals surface area contributed by atoms with E-state index in [1.54, 1.807) is 0 Å². The highest BCUT2D eigenvalue weighted by Gasteiger charge is 1.98. The molecule has 2 N–H and O–H groups in total. The number of benzene rings is 2. The van der Waals surface area contributed by atoms with Crippen molar-refractivity contribution >= 4 is 29.9 Å². The zero-order valence-corrected chi connectivity index (χ0v) is 16.2. The molecule has 4 heteroatoms. The van der Waals surface area contributed by atoms with Gasteiger partial charge in [-0.05, 0) is 30.9 Å². The number of halogens is 1. The number of hydrogen-bond acceptors (Lipinski definition) is 1. The van der Waals surface area contributed by atoms with E-state index in [0.29, 0.717) is 0 Å². The van der Waals surface area contributed by atoms with Crippen LogP contribution in [0.3, 0.4) is 0 Å². The number of nitrogens with one attached hydrogen (secondary N) is 2. The second-order valence-corrected chi connectivity index (χ2v) is 5.43. The van der Waals surface area contributed by atoms with Gasteiger partial charge in [-0.3, -0.25) is 4.99 Å². The summed E-state index contributed by atoms with van der Waals surface area (Å²) < 4.78 is 0. The van der Waals surface area contributed by atoms with Gasteiger partial charge in [0.25, 0.3) is 0 Å². The van der Waals surface area contributed by atoms with Crippen LogP contribution in [-0.2, 0) is 13.0 Å². The van der Waals surface area contributed by atoms with Crippen LogP contribution < -0.4 is 10.6 Å². The number of aryl methyl sites for hydroxylation is 2. The van der Waals surface area contributed by atoms with Gasteiger partial charge >= 0.3 is 0 Å². The molecule has 0 radical (unpaired) electrons. The molecule has 0 fully saturated rings. The SMILES string of the molecule is CN=C(NCCCc1ccccc1)NCc1ccc(C)cc1.I. The van der Waals surface area contributed by atoms with Crippen molar-refractivity contribution in [3.05, 3.63) is 71.3 Å². The molecule has 0 amide bonds. The fourth-order valence-corrected chi connectivity index (χ4v) is 2.26. The molecule has 0 bridgehead atoms. The largest absolute Gasteiger partial charge is 0.356 e. The van der Waals surface area contributed by atoms with Crippen molar-refractivity contribution in [2.75, 3.05) is 13.6 Å². The molecule has 2 aromatic rings. The van der Waals surface area contributed by atoms with Crippen molar-refractivity contribution in [3.8, 4) is 0 Å². The average Bonchev–Trinajstić information content (AvgIpc) is 2.57. The lowest BCUT2D eigenvalue weighted by molar-refractivity contribution is 0.742. The Hall–Kier alpha value is -1.56. The van der Waals surface area contributed by atoms with Gasteiger partial charge in [-0.25, -0.2) is 0 Å². The summed E-state index contributed by atoms with van der Waals surface area (Å²) in [5.74, 6) is 0.855. The lowest BCUT2D eigenvalue weighted by atomic mass is 10.1. The fraction of sp³-hybridized carbons (Fsp3) is 0.316. The predicted octanol–water partition coefficient (Wildman–Crippen LogP) is 3.91. The Kier molecular flexibility index (Phi) is 9.36. The molecule has 23 heavy (non-hydrogen) atoms. The minimum atomic E-state index is 0. The van der Waals surface area contributed by atoms with Gasteiger partial charge in [0.05, 0.1) is 0 Å². The van der Waals surface area contributed by atoms with Gasteiger partial charge in [-0.1, -0.05) is 60.2 Å². The highest BCUT2D eigenvalue weighted by Crippen LogP contribution is 2.03. The van der Waals surface area contributed by atoms with E-state index in [1.165, 1.54) is 16.7 Å². The maximum Gasteiger partial charge on any atom is 0.191 e. The maximum absolute atomic E-state index is 4.26. The standard InChI is InChI=1S/C19H25N3.HI/c1-16-10-12-18(13-11-16)15-22-19(20-2)21-14-6-9-17-7-4-3-5-8-17;/h3-5,7-8,10-13H,6,9,14-15H2,1-2H3,(H2,20,21,22);1H. The first-order valence-corrected chi connectivity index (χ1v) is 7.82. The predicted molar refractivity (Wildman–Crippen MR) is 110 cm³/mol. The van der Waals surface area contributed by atoms with Gasteiger partial charge in [-0.2, -0.15) is 0 Å². The number of guanidine groups is 1. The first-order chi connectivity index (χ1) is 10.8. The number of aliphatic imine (C=N–C) groups is 1. The highest BCUT2D eigenvalue weighted by molar-refractivity contribution is 14.0. The molecule has 0 spiro atoms. The molecule has 0 unspecified atom stereocenters. The summed E-state index contributed by atoms with van der Waals surface area (Å²) in [7, 11) is 1.81. The van der Waals surface area contributed by atoms with Crippen molar-refractivity contribution in [1.29, 1.82) is 0 Å². The maximum atomic E-state index is 4.26. The van der Waals surface area contributed by atoms with Crippen molar-refractivity contribution in [2.24, 2.45) is 4.99 Å². The zero-order valence-electron chi connectivity index (χ0n) is 13.9. The third kappa shape index (κ3) is 7.50. The molecule has 0 aliphatic carbocycles. The van der Waals surface area contributed by atoms with Crippen LogP contribution in [0.15, 0.2) is 59.6 Å². The van der Waals surface area contributed by atoms with Crippen LogP contribution in [0.2, 0.25) is 0 Å². The van der Waals surface area contributed by atoms with Crippen molar-refractivity contribution in [1.82, 2.24) is 10.6 Å². The summed E-state index contributed by atoms with van der Waals surface area (Å²) in [6, 6.07) is 19.1. The van der Waals surface area contributed by atoms with E-state index < -0.39 is 0 Å². The zero-order chi connectivity index (χ0) is 15.6. The number of nitrogens with zero attached hydrogens (tertiary/aromatic N) is 1. The third-order valence-corrected chi connectivity index (χ3v) is 3.58. The molecule has 124 valence electrons. The Morgan fingerprint density at radius 1 is 0.913 bits per heavy atom. The molecule has 2 aromatic carbocycles. The molecule has 0 aliphatic heterocycles. The molecule has 0 saturated carbocycles. The molecule has 2 rings (SSSR count). The van der Waals surface area contributed by atoms with Crippen LogP contribution in [0.4, 0.5) is 0 Å². The number of rotatable bonds is 6. The second kappa shape index (κ2) is 11.0. The summed E-state index contributed by atoms with van der Waals surface area (Å²) in [5, 5.41) is 6.70. The first-order valence-electron chi connectivity index (χ1n) is 7.82. The van der Waals surface area contributed by atoms with Crippen LogP contribution in [0.25, 0.3) is 0 Å². The molecule has 0 saturated heterocycles. The number of hydrogen-bond donors (Lipinski definition) is 2. The Morgan fingerprint density at radius 2 is 1.61 bits per heavy atom. The van der Waals surface area contributed by atoms with E-state index in [1.807, 2.05) is 7.05 Å². The van der Waals surface area contributed by atoms with Gasteiger partial charge < -0.3 is 10.6 Å². The Bertz CT molecular complexity index is 579. The minimum absolute atomic E-state index is 0. The molecule has 3 nitrogen and oxygen atoms in total. The Balaban J connectivity index is 0.00000264. The van der Waals surface area contributed by atoms with Gasteiger partial charge in [0, 0.05) is 20.1 Å². The van der Waals surface area contributed by atoms with E-state index >= 15 is 0 Å². The van der Waals surface area contributed by atoms with E-state index in [0.717, 1.165) is 31.9 Å². The van der Waals surface area contributed by atoms with Gasteiger partial charge in [0.15, 0.2) is 5.96 Å². The van der Waals surface area contributed by atoms with E-state index in [-0.39, 0.29) is 24.0 Å². The van der Waals surface area contributed by atoms with Crippen molar-refractivity contribution < 1.29 is 0 Å². The molecular formula is C19H26IN3.